The zero-order valence-electron chi connectivity index (χ0n) is 11.2. The minimum atomic E-state index is -0.0191. The molecule has 2 heterocycles. The maximum Gasteiger partial charge on any atom is 0.251 e. The number of nitrogens with zero attached hydrogens (tertiary/aromatic N) is 1. The zero-order chi connectivity index (χ0) is 13.8. The van der Waals surface area contributed by atoms with Gasteiger partial charge in [0.25, 0.3) is 5.91 Å². The molecule has 0 radical (unpaired) electrons. The standard InChI is InChI=1S/C16H17N3O/c20-16(19-11-12-4-2-8-17-10-12)14-5-1-7-15-13(14)6-3-9-18-15/h1-2,4-5,7-8,10,18H,3,6,9,11H2,(H,19,20). The van der Waals surface area contributed by atoms with Crippen LogP contribution in [0, 0.1) is 0 Å². The summed E-state index contributed by atoms with van der Waals surface area (Å²) >= 11 is 0. The Kier molecular flexibility index (Phi) is 3.63. The molecule has 2 aromatic rings. The Balaban J connectivity index is 1.74. The number of benzene rings is 1. The summed E-state index contributed by atoms with van der Waals surface area (Å²) in [5.74, 6) is -0.0191. The molecule has 102 valence electrons. The van der Waals surface area contributed by atoms with E-state index in [0.29, 0.717) is 6.54 Å². The van der Waals surface area contributed by atoms with Crippen molar-refractivity contribution >= 4 is 11.6 Å². The van der Waals surface area contributed by atoms with Crippen molar-refractivity contribution < 1.29 is 4.79 Å². The lowest BCUT2D eigenvalue weighted by atomic mass is 9.97. The Labute approximate surface area is 118 Å². The van der Waals surface area contributed by atoms with E-state index >= 15 is 0 Å². The largest absolute Gasteiger partial charge is 0.385 e. The highest BCUT2D eigenvalue weighted by Crippen LogP contribution is 2.25. The van der Waals surface area contributed by atoms with Crippen LogP contribution in [0.5, 0.6) is 0 Å². The molecular formula is C16H17N3O. The fraction of sp³-hybridized carbons (Fsp3) is 0.250. The number of rotatable bonds is 3. The summed E-state index contributed by atoms with van der Waals surface area (Å²) in [7, 11) is 0. The van der Waals surface area contributed by atoms with Gasteiger partial charge in [0.1, 0.15) is 0 Å². The normalized spacial score (nSPS) is 13.2. The van der Waals surface area contributed by atoms with Crippen molar-refractivity contribution in [2.75, 3.05) is 11.9 Å². The lowest BCUT2D eigenvalue weighted by Gasteiger charge is -2.20. The lowest BCUT2D eigenvalue weighted by Crippen LogP contribution is -2.25. The van der Waals surface area contributed by atoms with E-state index in [1.165, 1.54) is 0 Å². The topological polar surface area (TPSA) is 54.0 Å². The second-order valence-corrected chi connectivity index (χ2v) is 4.91. The first-order valence-corrected chi connectivity index (χ1v) is 6.87. The van der Waals surface area contributed by atoms with Crippen LogP contribution in [0.15, 0.2) is 42.7 Å². The lowest BCUT2D eigenvalue weighted by molar-refractivity contribution is 0.0950. The second kappa shape index (κ2) is 5.74. The molecule has 1 aromatic heterocycles. The van der Waals surface area contributed by atoms with Gasteiger partial charge in [-0.05, 0) is 42.2 Å². The first-order valence-electron chi connectivity index (χ1n) is 6.87. The van der Waals surface area contributed by atoms with Crippen LogP contribution in [-0.4, -0.2) is 17.4 Å². The molecule has 0 spiro atoms. The smallest absolute Gasteiger partial charge is 0.251 e. The molecule has 0 fully saturated rings. The summed E-state index contributed by atoms with van der Waals surface area (Å²) in [6, 6.07) is 9.68. The molecule has 4 nitrogen and oxygen atoms in total. The SMILES string of the molecule is O=C(NCc1cccnc1)c1cccc2c1CCCN2. The van der Waals surface area contributed by atoms with Crippen LogP contribution in [0.25, 0.3) is 0 Å². The predicted octanol–water partition coefficient (Wildman–Crippen LogP) is 2.37. The third kappa shape index (κ3) is 2.64. The highest BCUT2D eigenvalue weighted by molar-refractivity contribution is 5.97. The van der Waals surface area contributed by atoms with Crippen molar-refractivity contribution in [3.63, 3.8) is 0 Å². The molecule has 1 amide bonds. The molecule has 0 unspecified atom stereocenters. The van der Waals surface area contributed by atoms with Gasteiger partial charge in [-0.1, -0.05) is 12.1 Å². The highest BCUT2D eigenvalue weighted by Gasteiger charge is 2.16. The molecule has 1 aliphatic heterocycles. The van der Waals surface area contributed by atoms with Crippen molar-refractivity contribution in [2.24, 2.45) is 0 Å². The molecule has 0 saturated carbocycles. The number of fused-ring (bicyclic) bond motifs is 1. The van der Waals surface area contributed by atoms with Gasteiger partial charge in [-0.3, -0.25) is 9.78 Å². The molecule has 2 N–H and O–H groups in total. The molecule has 20 heavy (non-hydrogen) atoms. The van der Waals surface area contributed by atoms with Gasteiger partial charge in [-0.2, -0.15) is 0 Å². The number of amides is 1. The van der Waals surface area contributed by atoms with E-state index in [2.05, 4.69) is 15.6 Å². The second-order valence-electron chi connectivity index (χ2n) is 4.91. The molecule has 1 aliphatic rings. The summed E-state index contributed by atoms with van der Waals surface area (Å²) in [5.41, 5.74) is 4.00. The Hall–Kier alpha value is -2.36. The zero-order valence-corrected chi connectivity index (χ0v) is 11.2. The Bertz CT molecular complexity index is 610. The van der Waals surface area contributed by atoms with Gasteiger partial charge in [0.2, 0.25) is 0 Å². The van der Waals surface area contributed by atoms with Crippen LogP contribution in [0.3, 0.4) is 0 Å². The summed E-state index contributed by atoms with van der Waals surface area (Å²) in [6.45, 7) is 1.48. The Morgan fingerprint density at radius 1 is 1.30 bits per heavy atom. The van der Waals surface area contributed by atoms with Crippen LogP contribution in [-0.2, 0) is 13.0 Å². The van der Waals surface area contributed by atoms with Gasteiger partial charge in [0, 0.05) is 36.7 Å². The molecule has 1 aromatic carbocycles. The van der Waals surface area contributed by atoms with E-state index in [0.717, 1.165) is 41.8 Å². The predicted molar refractivity (Wildman–Crippen MR) is 78.7 cm³/mol. The van der Waals surface area contributed by atoms with Crippen molar-refractivity contribution in [1.82, 2.24) is 10.3 Å². The number of aromatic nitrogens is 1. The number of hydrogen-bond acceptors (Lipinski definition) is 3. The van der Waals surface area contributed by atoms with Gasteiger partial charge < -0.3 is 10.6 Å². The maximum atomic E-state index is 12.3. The first-order chi connectivity index (χ1) is 9.84. The molecule has 4 heteroatoms. The number of hydrogen-bond donors (Lipinski definition) is 2. The van der Waals surface area contributed by atoms with Crippen LogP contribution in [0.1, 0.15) is 27.9 Å². The number of nitrogens with one attached hydrogen (secondary N) is 2. The molecule has 0 saturated heterocycles. The molecule has 0 aliphatic carbocycles. The highest BCUT2D eigenvalue weighted by atomic mass is 16.1. The minimum absolute atomic E-state index is 0.0191. The van der Waals surface area contributed by atoms with E-state index in [1.54, 1.807) is 12.4 Å². The van der Waals surface area contributed by atoms with E-state index in [4.69, 9.17) is 0 Å². The Morgan fingerprint density at radius 3 is 3.10 bits per heavy atom. The van der Waals surface area contributed by atoms with E-state index in [1.807, 2.05) is 30.3 Å². The van der Waals surface area contributed by atoms with Gasteiger partial charge >= 0.3 is 0 Å². The minimum Gasteiger partial charge on any atom is -0.385 e. The molecule has 3 rings (SSSR count). The van der Waals surface area contributed by atoms with Gasteiger partial charge in [0.05, 0.1) is 0 Å². The van der Waals surface area contributed by atoms with Crippen molar-refractivity contribution in [3.05, 3.63) is 59.4 Å². The molecular weight excluding hydrogens is 250 g/mol. The first kappa shape index (κ1) is 12.7. The number of carbonyl (C=O) groups excluding carboxylic acids is 1. The van der Waals surface area contributed by atoms with Gasteiger partial charge in [-0.15, -0.1) is 0 Å². The van der Waals surface area contributed by atoms with E-state index < -0.39 is 0 Å². The van der Waals surface area contributed by atoms with Crippen LogP contribution < -0.4 is 10.6 Å². The van der Waals surface area contributed by atoms with Crippen LogP contribution in [0.2, 0.25) is 0 Å². The number of anilines is 1. The van der Waals surface area contributed by atoms with Crippen molar-refractivity contribution in [1.29, 1.82) is 0 Å². The van der Waals surface area contributed by atoms with Gasteiger partial charge in [-0.25, -0.2) is 0 Å². The van der Waals surface area contributed by atoms with Crippen LogP contribution >= 0.6 is 0 Å². The van der Waals surface area contributed by atoms with E-state index in [9.17, 15) is 4.79 Å². The fourth-order valence-corrected chi connectivity index (χ4v) is 2.50. The Morgan fingerprint density at radius 2 is 2.25 bits per heavy atom. The maximum absolute atomic E-state index is 12.3. The summed E-state index contributed by atoms with van der Waals surface area (Å²) < 4.78 is 0. The summed E-state index contributed by atoms with van der Waals surface area (Å²) in [5, 5.41) is 6.30. The van der Waals surface area contributed by atoms with E-state index in [-0.39, 0.29) is 5.91 Å². The van der Waals surface area contributed by atoms with Crippen molar-refractivity contribution in [2.45, 2.75) is 19.4 Å². The summed E-state index contributed by atoms with van der Waals surface area (Å²) in [4.78, 5) is 16.4. The molecule has 0 bridgehead atoms. The number of pyridine rings is 1. The van der Waals surface area contributed by atoms with Gasteiger partial charge in [0.15, 0.2) is 0 Å². The average molecular weight is 267 g/mol. The molecule has 0 atom stereocenters. The van der Waals surface area contributed by atoms with Crippen molar-refractivity contribution in [3.8, 4) is 0 Å². The summed E-state index contributed by atoms with van der Waals surface area (Å²) in [6.07, 6.45) is 5.52. The fourth-order valence-electron chi connectivity index (χ4n) is 2.50. The van der Waals surface area contributed by atoms with Crippen LogP contribution in [0.4, 0.5) is 5.69 Å². The third-order valence-electron chi connectivity index (χ3n) is 3.52. The average Bonchev–Trinajstić information content (AvgIpc) is 2.53. The number of carbonyl (C=O) groups is 1. The third-order valence-corrected chi connectivity index (χ3v) is 3.52. The monoisotopic (exact) mass is 267 g/mol. The quantitative estimate of drug-likeness (QED) is 0.897.